The smallest absolute Gasteiger partial charge is 0.334 e. The molecule has 8 heteroatoms. The first-order chi connectivity index (χ1) is 17.0. The van der Waals surface area contributed by atoms with Crippen LogP contribution in [0, 0.1) is 12.3 Å². The average molecular weight is 482 g/mol. The van der Waals surface area contributed by atoms with Crippen LogP contribution in [0.2, 0.25) is 0 Å². The monoisotopic (exact) mass is 481 g/mol. The summed E-state index contributed by atoms with van der Waals surface area (Å²) in [5, 5.41) is 6.18. The lowest BCUT2D eigenvalue weighted by Crippen LogP contribution is -2.76. The number of hydrogen-bond acceptors (Lipinski definition) is 4. The summed E-state index contributed by atoms with van der Waals surface area (Å²) in [5.41, 5.74) is 0.977. The van der Waals surface area contributed by atoms with Crippen molar-refractivity contribution in [2.75, 3.05) is 26.2 Å². The molecule has 0 saturated carbocycles. The fourth-order valence-electron chi connectivity index (χ4n) is 4.95. The second-order valence-electron chi connectivity index (χ2n) is 9.30. The molecule has 8 nitrogen and oxygen atoms in total. The van der Waals surface area contributed by atoms with Crippen LogP contribution in [0.3, 0.4) is 0 Å². The lowest BCUT2D eigenvalue weighted by Gasteiger charge is -2.55. The van der Waals surface area contributed by atoms with Crippen molar-refractivity contribution >= 4 is 17.8 Å². The maximum atomic E-state index is 13.5. The van der Waals surface area contributed by atoms with Crippen LogP contribution in [0.4, 0.5) is 4.79 Å². The third-order valence-electron chi connectivity index (χ3n) is 6.69. The molecule has 2 fully saturated rings. The van der Waals surface area contributed by atoms with Gasteiger partial charge in [-0.2, -0.15) is 5.01 Å². The summed E-state index contributed by atoms with van der Waals surface area (Å²) < 4.78 is 0. The van der Waals surface area contributed by atoms with E-state index < -0.39 is 12.2 Å². The highest BCUT2D eigenvalue weighted by Gasteiger charge is 2.50. The van der Waals surface area contributed by atoms with E-state index in [-0.39, 0.29) is 30.9 Å². The highest BCUT2D eigenvalue weighted by atomic mass is 16.2. The lowest BCUT2D eigenvalue weighted by molar-refractivity contribution is -0.189. The molecular weight excluding hydrogens is 442 g/mol. The Morgan fingerprint density at radius 3 is 2.51 bits per heavy atom. The van der Waals surface area contributed by atoms with Gasteiger partial charge in [-0.3, -0.25) is 9.59 Å². The van der Waals surface area contributed by atoms with E-state index in [4.69, 9.17) is 6.42 Å². The van der Waals surface area contributed by atoms with E-state index in [2.05, 4.69) is 18.2 Å². The number of benzene rings is 1. The number of rotatable bonds is 11. The van der Waals surface area contributed by atoms with E-state index in [1.807, 2.05) is 42.2 Å². The Bertz CT molecular complexity index is 900. The van der Waals surface area contributed by atoms with E-state index >= 15 is 0 Å². The number of hydrazine groups is 1. The summed E-state index contributed by atoms with van der Waals surface area (Å²) in [6, 6.07) is 8.79. The second kappa shape index (κ2) is 13.1. The maximum absolute atomic E-state index is 13.5. The zero-order chi connectivity index (χ0) is 25.2. The van der Waals surface area contributed by atoms with Crippen molar-refractivity contribution in [2.24, 2.45) is 0 Å². The van der Waals surface area contributed by atoms with Crippen LogP contribution in [0.15, 0.2) is 30.3 Å². The van der Waals surface area contributed by atoms with Crippen LogP contribution in [0.1, 0.15) is 64.4 Å². The van der Waals surface area contributed by atoms with Gasteiger partial charge >= 0.3 is 6.03 Å². The molecule has 1 aromatic rings. The normalized spacial score (nSPS) is 20.5. The molecule has 4 amide bonds. The van der Waals surface area contributed by atoms with E-state index in [1.54, 1.807) is 14.9 Å². The van der Waals surface area contributed by atoms with Crippen LogP contribution in [0.5, 0.6) is 0 Å². The maximum Gasteiger partial charge on any atom is 0.334 e. The molecule has 190 valence electrons. The van der Waals surface area contributed by atoms with Crippen LogP contribution >= 0.6 is 0 Å². The van der Waals surface area contributed by atoms with E-state index in [9.17, 15) is 14.4 Å². The number of amides is 4. The van der Waals surface area contributed by atoms with Crippen molar-refractivity contribution in [3.63, 3.8) is 0 Å². The number of unbranched alkanes of at least 4 members (excludes halogenated alkanes) is 4. The molecule has 0 spiro atoms. The first-order valence-corrected chi connectivity index (χ1v) is 12.9. The number of terminal acetylenes is 1. The predicted octanol–water partition coefficient (Wildman–Crippen LogP) is 3.20. The first-order valence-electron chi connectivity index (χ1n) is 12.9. The summed E-state index contributed by atoms with van der Waals surface area (Å²) in [5.74, 6) is 2.40. The number of hydrogen-bond donors (Lipinski definition) is 1. The second-order valence-corrected chi connectivity index (χ2v) is 9.30. The van der Waals surface area contributed by atoms with Crippen molar-refractivity contribution in [2.45, 2.75) is 77.5 Å². The van der Waals surface area contributed by atoms with Gasteiger partial charge in [0.1, 0.15) is 12.2 Å². The number of piperazine rings is 1. The number of fused-ring (bicyclic) bond motifs is 1. The lowest BCUT2D eigenvalue weighted by atomic mass is 10.0. The Morgan fingerprint density at radius 2 is 1.83 bits per heavy atom. The summed E-state index contributed by atoms with van der Waals surface area (Å²) >= 11 is 0. The molecule has 2 atom stereocenters. The largest absolute Gasteiger partial charge is 0.337 e. The zero-order valence-corrected chi connectivity index (χ0v) is 21.1. The van der Waals surface area contributed by atoms with Gasteiger partial charge in [-0.15, -0.1) is 6.42 Å². The molecule has 35 heavy (non-hydrogen) atoms. The van der Waals surface area contributed by atoms with Gasteiger partial charge in [-0.1, -0.05) is 82.2 Å². The molecule has 2 aliphatic heterocycles. The Labute approximate surface area is 209 Å². The van der Waals surface area contributed by atoms with Crippen LogP contribution in [-0.2, 0) is 16.1 Å². The predicted molar refractivity (Wildman–Crippen MR) is 136 cm³/mol. The van der Waals surface area contributed by atoms with Gasteiger partial charge in [-0.05, 0) is 18.4 Å². The van der Waals surface area contributed by atoms with E-state index in [0.717, 1.165) is 31.2 Å². The first kappa shape index (κ1) is 26.6. The third-order valence-corrected chi connectivity index (χ3v) is 6.69. The molecule has 0 unspecified atom stereocenters. The fraction of sp³-hybridized carbons (Fsp3) is 0.593. The van der Waals surface area contributed by atoms with E-state index in [0.29, 0.717) is 26.1 Å². The van der Waals surface area contributed by atoms with Crippen molar-refractivity contribution in [1.82, 2.24) is 25.1 Å². The third kappa shape index (κ3) is 6.55. The molecule has 1 aromatic carbocycles. The highest BCUT2D eigenvalue weighted by Crippen LogP contribution is 2.28. The number of carbonyl (C=O) groups is 3. The Morgan fingerprint density at radius 1 is 1.09 bits per heavy atom. The summed E-state index contributed by atoms with van der Waals surface area (Å²) in [4.78, 5) is 43.6. The van der Waals surface area contributed by atoms with Gasteiger partial charge in [0.15, 0.2) is 0 Å². The van der Waals surface area contributed by atoms with Crippen molar-refractivity contribution in [3.05, 3.63) is 35.9 Å². The van der Waals surface area contributed by atoms with Crippen LogP contribution in [0.25, 0.3) is 0 Å². The average Bonchev–Trinajstić information content (AvgIpc) is 2.85. The minimum Gasteiger partial charge on any atom is -0.337 e. The highest BCUT2D eigenvalue weighted by molar-refractivity contribution is 5.91. The van der Waals surface area contributed by atoms with Gasteiger partial charge in [-0.25, -0.2) is 9.80 Å². The van der Waals surface area contributed by atoms with Gasteiger partial charge in [0.2, 0.25) is 11.8 Å². The molecule has 1 N–H and O–H groups in total. The SMILES string of the molecule is C#CCN1CC(=O)N2[C@@H](CCC)C(=O)N(CCCCCCC)C[C@@H]2N1C(=O)NCc1ccccc1. The molecule has 2 saturated heterocycles. The van der Waals surface area contributed by atoms with Gasteiger partial charge in [0, 0.05) is 13.1 Å². The minimum atomic E-state index is -0.578. The molecular formula is C27H39N5O3. The fourth-order valence-corrected chi connectivity index (χ4v) is 4.95. The zero-order valence-electron chi connectivity index (χ0n) is 21.1. The topological polar surface area (TPSA) is 76.2 Å². The van der Waals surface area contributed by atoms with E-state index in [1.165, 1.54) is 12.8 Å². The molecule has 0 bridgehead atoms. The Hall–Kier alpha value is -3.05. The Balaban J connectivity index is 1.82. The summed E-state index contributed by atoms with van der Waals surface area (Å²) in [6.07, 6.45) is 11.8. The summed E-state index contributed by atoms with van der Waals surface area (Å²) in [7, 11) is 0. The molecule has 2 heterocycles. The van der Waals surface area contributed by atoms with Gasteiger partial charge in [0.25, 0.3) is 0 Å². The number of carbonyl (C=O) groups excluding carboxylic acids is 3. The number of nitrogens with zero attached hydrogens (tertiary/aromatic N) is 4. The number of urea groups is 1. The minimum absolute atomic E-state index is 0.0121. The van der Waals surface area contributed by atoms with Crippen molar-refractivity contribution in [1.29, 1.82) is 0 Å². The molecule has 0 radical (unpaired) electrons. The van der Waals surface area contributed by atoms with Crippen molar-refractivity contribution in [3.8, 4) is 12.3 Å². The van der Waals surface area contributed by atoms with Gasteiger partial charge in [0.05, 0.1) is 19.6 Å². The standard InChI is InChI=1S/C27H39N5O3/c1-4-7-8-9-13-18-29-20-24-31(23(14-5-2)26(29)34)25(33)21-30(17-6-3)32(24)27(35)28-19-22-15-11-10-12-16-22/h3,10-12,15-16,23-24H,4-5,7-9,13-14,17-21H2,1-2H3,(H,28,35)/t23-,24-/m0/s1. The molecule has 3 rings (SSSR count). The molecule has 0 aliphatic carbocycles. The van der Waals surface area contributed by atoms with Crippen molar-refractivity contribution < 1.29 is 14.4 Å². The van der Waals surface area contributed by atoms with Gasteiger partial charge < -0.3 is 15.1 Å². The quantitative estimate of drug-likeness (QED) is 0.389. The number of nitrogens with one attached hydrogen (secondary N) is 1. The summed E-state index contributed by atoms with van der Waals surface area (Å²) in [6.45, 7) is 5.59. The van der Waals surface area contributed by atoms with Crippen LogP contribution < -0.4 is 5.32 Å². The Kier molecular flexibility index (Phi) is 9.98. The molecule has 2 aliphatic rings. The molecule has 0 aromatic heterocycles. The van der Waals surface area contributed by atoms with Crippen LogP contribution in [-0.4, -0.2) is 76.0 Å².